The monoisotopic (exact) mass is 401 g/mol. The van der Waals surface area contributed by atoms with Crippen LogP contribution in [0.3, 0.4) is 0 Å². The van der Waals surface area contributed by atoms with Gasteiger partial charge in [-0.3, -0.25) is 14.6 Å². The van der Waals surface area contributed by atoms with Gasteiger partial charge in [-0.05, 0) is 37.1 Å². The average molecular weight is 401 g/mol. The smallest absolute Gasteiger partial charge is 0.243 e. The van der Waals surface area contributed by atoms with Crippen molar-refractivity contribution in [1.29, 1.82) is 0 Å². The molecule has 1 aliphatic heterocycles. The number of benzene rings is 1. The Morgan fingerprint density at radius 1 is 1.07 bits per heavy atom. The molecule has 2 heterocycles. The lowest BCUT2D eigenvalue weighted by Gasteiger charge is -2.34. The molecule has 1 saturated heterocycles. The van der Waals surface area contributed by atoms with E-state index in [1.54, 1.807) is 29.4 Å². The zero-order chi connectivity index (χ0) is 20.1. The van der Waals surface area contributed by atoms with Crippen molar-refractivity contribution >= 4 is 21.7 Å². The Balaban J connectivity index is 1.59. The van der Waals surface area contributed by atoms with Crippen LogP contribution in [0.1, 0.15) is 29.3 Å². The molecule has 0 aliphatic carbocycles. The summed E-state index contributed by atoms with van der Waals surface area (Å²) in [5.74, 6) is -0.166. The lowest BCUT2D eigenvalue weighted by Crippen LogP contribution is -2.50. The average Bonchev–Trinajstić information content (AvgIpc) is 2.73. The molecule has 0 bridgehead atoms. The molecule has 1 aliphatic rings. The Bertz CT molecular complexity index is 952. The summed E-state index contributed by atoms with van der Waals surface area (Å²) in [6.45, 7) is 2.60. The number of piperazine rings is 1. The number of hydrogen-bond donors (Lipinski definition) is 0. The van der Waals surface area contributed by atoms with Crippen LogP contribution in [0.15, 0.2) is 53.7 Å². The van der Waals surface area contributed by atoms with Gasteiger partial charge < -0.3 is 4.90 Å². The Hall–Kier alpha value is -2.58. The number of pyridine rings is 1. The number of aryl methyl sites for hydroxylation is 1. The summed E-state index contributed by atoms with van der Waals surface area (Å²) < 4.78 is 27.1. The molecule has 1 aromatic heterocycles. The highest BCUT2D eigenvalue weighted by Crippen LogP contribution is 2.19. The molecule has 1 aromatic carbocycles. The molecule has 0 spiro atoms. The summed E-state index contributed by atoms with van der Waals surface area (Å²) in [5.41, 5.74) is 1.37. The van der Waals surface area contributed by atoms with Gasteiger partial charge in [0.05, 0.1) is 4.90 Å². The summed E-state index contributed by atoms with van der Waals surface area (Å²) in [5, 5.41) is 0. The molecular weight excluding hydrogens is 378 g/mol. The second-order valence-electron chi connectivity index (χ2n) is 6.73. The van der Waals surface area contributed by atoms with Crippen LogP contribution in [0.25, 0.3) is 0 Å². The quantitative estimate of drug-likeness (QED) is 0.688. The standard InChI is InChI=1S/C20H23N3O4S/c1-16(24)18-5-2-6-19(14-18)28(26,27)23-12-10-22(11-13-23)20(25)8-7-17-4-3-9-21-15-17/h2-6,9,14-15H,7-8,10-13H2,1H3. The van der Waals surface area contributed by atoms with Gasteiger partial charge in [-0.2, -0.15) is 4.31 Å². The van der Waals surface area contributed by atoms with Crippen LogP contribution in [0.5, 0.6) is 0 Å². The number of rotatable bonds is 6. The highest BCUT2D eigenvalue weighted by molar-refractivity contribution is 7.89. The molecule has 3 rings (SSSR count). The van der Waals surface area contributed by atoms with E-state index in [2.05, 4.69) is 4.98 Å². The number of carbonyl (C=O) groups is 2. The Labute approximate surface area is 165 Å². The number of carbonyl (C=O) groups excluding carboxylic acids is 2. The van der Waals surface area contributed by atoms with E-state index in [0.29, 0.717) is 31.5 Å². The van der Waals surface area contributed by atoms with Crippen LogP contribution in [0.4, 0.5) is 0 Å². The van der Waals surface area contributed by atoms with Crippen LogP contribution >= 0.6 is 0 Å². The van der Waals surface area contributed by atoms with Gasteiger partial charge in [0.15, 0.2) is 5.78 Å². The molecule has 7 nitrogen and oxygen atoms in total. The zero-order valence-corrected chi connectivity index (χ0v) is 16.6. The van der Waals surface area contributed by atoms with Crippen LogP contribution in [-0.2, 0) is 21.2 Å². The first kappa shape index (κ1) is 20.2. The molecule has 0 unspecified atom stereocenters. The van der Waals surface area contributed by atoms with Crippen molar-refractivity contribution in [2.24, 2.45) is 0 Å². The number of amides is 1. The minimum Gasteiger partial charge on any atom is -0.340 e. The predicted molar refractivity (Wildman–Crippen MR) is 104 cm³/mol. The number of Topliss-reactive ketones (excluding diaryl/α,β-unsaturated/α-hetero) is 1. The molecule has 1 fully saturated rings. The van der Waals surface area contributed by atoms with E-state index in [1.165, 1.54) is 23.4 Å². The number of ketones is 1. The van der Waals surface area contributed by atoms with E-state index >= 15 is 0 Å². The van der Waals surface area contributed by atoms with E-state index in [9.17, 15) is 18.0 Å². The molecule has 0 N–H and O–H groups in total. The summed E-state index contributed by atoms with van der Waals surface area (Å²) in [4.78, 5) is 29.8. The van der Waals surface area contributed by atoms with Gasteiger partial charge in [-0.1, -0.05) is 18.2 Å². The first-order chi connectivity index (χ1) is 13.4. The maximum atomic E-state index is 12.9. The van der Waals surface area contributed by atoms with Crippen molar-refractivity contribution in [3.8, 4) is 0 Å². The van der Waals surface area contributed by atoms with Crippen molar-refractivity contribution in [2.45, 2.75) is 24.7 Å². The lowest BCUT2D eigenvalue weighted by atomic mass is 10.1. The van der Waals surface area contributed by atoms with Crippen molar-refractivity contribution in [3.63, 3.8) is 0 Å². The third-order valence-electron chi connectivity index (χ3n) is 4.82. The molecule has 0 atom stereocenters. The lowest BCUT2D eigenvalue weighted by molar-refractivity contribution is -0.132. The molecule has 0 saturated carbocycles. The van der Waals surface area contributed by atoms with Crippen LogP contribution in [-0.4, -0.2) is 60.5 Å². The fourth-order valence-electron chi connectivity index (χ4n) is 3.16. The van der Waals surface area contributed by atoms with Crippen molar-refractivity contribution in [3.05, 3.63) is 59.9 Å². The zero-order valence-electron chi connectivity index (χ0n) is 15.7. The summed E-state index contributed by atoms with van der Waals surface area (Å²) >= 11 is 0. The predicted octanol–water partition coefficient (Wildman–Crippen LogP) is 1.75. The normalized spacial score (nSPS) is 15.4. The third kappa shape index (κ3) is 4.63. The summed E-state index contributed by atoms with van der Waals surface area (Å²) in [7, 11) is -3.69. The SMILES string of the molecule is CC(=O)c1cccc(S(=O)(=O)N2CCN(C(=O)CCc3cccnc3)CC2)c1. The van der Waals surface area contributed by atoms with Gasteiger partial charge >= 0.3 is 0 Å². The summed E-state index contributed by atoms with van der Waals surface area (Å²) in [6.07, 6.45) is 4.42. The molecule has 0 radical (unpaired) electrons. The molecule has 148 valence electrons. The molecule has 1 amide bonds. The fraction of sp³-hybridized carbons (Fsp3) is 0.350. The van der Waals surface area contributed by atoms with Crippen molar-refractivity contribution < 1.29 is 18.0 Å². The maximum absolute atomic E-state index is 12.9. The first-order valence-corrected chi connectivity index (χ1v) is 10.6. The molecule has 8 heteroatoms. The number of sulfonamides is 1. The van der Waals surface area contributed by atoms with Gasteiger partial charge in [0.2, 0.25) is 15.9 Å². The molecular formula is C20H23N3O4S. The highest BCUT2D eigenvalue weighted by Gasteiger charge is 2.30. The van der Waals surface area contributed by atoms with Gasteiger partial charge in [0.1, 0.15) is 0 Å². The minimum absolute atomic E-state index is 0.0134. The Kier molecular flexibility index (Phi) is 6.21. The maximum Gasteiger partial charge on any atom is 0.243 e. The highest BCUT2D eigenvalue weighted by atomic mass is 32.2. The second-order valence-corrected chi connectivity index (χ2v) is 8.67. The van der Waals surface area contributed by atoms with E-state index in [1.807, 2.05) is 12.1 Å². The topological polar surface area (TPSA) is 87.7 Å². The number of nitrogens with zero attached hydrogens (tertiary/aromatic N) is 3. The third-order valence-corrected chi connectivity index (χ3v) is 6.71. The second kappa shape index (κ2) is 8.62. The number of aromatic nitrogens is 1. The van der Waals surface area contributed by atoms with Crippen molar-refractivity contribution in [1.82, 2.24) is 14.2 Å². The minimum atomic E-state index is -3.69. The van der Waals surface area contributed by atoms with Crippen molar-refractivity contribution in [2.75, 3.05) is 26.2 Å². The van der Waals surface area contributed by atoms with E-state index in [4.69, 9.17) is 0 Å². The van der Waals surface area contributed by atoms with Gasteiger partial charge in [-0.15, -0.1) is 0 Å². The molecule has 28 heavy (non-hydrogen) atoms. The summed E-state index contributed by atoms with van der Waals surface area (Å²) in [6, 6.07) is 9.84. The van der Waals surface area contributed by atoms with Gasteiger partial charge in [0.25, 0.3) is 0 Å². The van der Waals surface area contributed by atoms with E-state index < -0.39 is 10.0 Å². The van der Waals surface area contributed by atoms with Crippen LogP contribution in [0, 0.1) is 0 Å². The van der Waals surface area contributed by atoms with Gasteiger partial charge in [0, 0.05) is 50.6 Å². The fourth-order valence-corrected chi connectivity index (χ4v) is 4.63. The Morgan fingerprint density at radius 2 is 1.82 bits per heavy atom. The van der Waals surface area contributed by atoms with Crippen LogP contribution < -0.4 is 0 Å². The van der Waals surface area contributed by atoms with Gasteiger partial charge in [-0.25, -0.2) is 8.42 Å². The van der Waals surface area contributed by atoms with Crippen LogP contribution in [0.2, 0.25) is 0 Å². The largest absolute Gasteiger partial charge is 0.340 e. The first-order valence-electron chi connectivity index (χ1n) is 9.16. The van der Waals surface area contributed by atoms with E-state index in [-0.39, 0.29) is 29.7 Å². The Morgan fingerprint density at radius 3 is 2.46 bits per heavy atom. The van der Waals surface area contributed by atoms with E-state index in [0.717, 1.165) is 5.56 Å². The number of hydrogen-bond acceptors (Lipinski definition) is 5. The molecule has 2 aromatic rings.